The van der Waals surface area contributed by atoms with E-state index in [4.69, 9.17) is 0 Å². The second-order valence-corrected chi connectivity index (χ2v) is 6.12. The van der Waals surface area contributed by atoms with Crippen molar-refractivity contribution in [2.75, 3.05) is 6.54 Å². The molecule has 0 spiro atoms. The van der Waals surface area contributed by atoms with Crippen molar-refractivity contribution >= 4 is 5.91 Å². The van der Waals surface area contributed by atoms with Gasteiger partial charge in [-0.3, -0.25) is 4.79 Å². The number of carbonyl (C=O) groups is 1. The van der Waals surface area contributed by atoms with E-state index in [0.717, 1.165) is 11.1 Å². The van der Waals surface area contributed by atoms with Crippen molar-refractivity contribution in [3.63, 3.8) is 0 Å². The van der Waals surface area contributed by atoms with Gasteiger partial charge in [0.1, 0.15) is 0 Å². The third-order valence-corrected chi connectivity index (χ3v) is 3.30. The molecule has 0 saturated heterocycles. The monoisotopic (exact) mass is 262 g/mol. The lowest BCUT2D eigenvalue weighted by atomic mass is 10.1. The van der Waals surface area contributed by atoms with Crippen LogP contribution in [0.4, 0.5) is 0 Å². The van der Waals surface area contributed by atoms with Crippen LogP contribution >= 0.6 is 0 Å². The van der Waals surface area contributed by atoms with Gasteiger partial charge in [0.25, 0.3) is 0 Å². The number of nitrogens with one attached hydrogen (secondary N) is 2. The van der Waals surface area contributed by atoms with Gasteiger partial charge < -0.3 is 15.7 Å². The number of rotatable bonds is 3. The van der Waals surface area contributed by atoms with E-state index >= 15 is 0 Å². The summed E-state index contributed by atoms with van der Waals surface area (Å²) in [5.41, 5.74) is 2.05. The molecule has 4 heteroatoms. The van der Waals surface area contributed by atoms with E-state index in [1.807, 2.05) is 45.0 Å². The fourth-order valence-electron chi connectivity index (χ4n) is 2.32. The maximum Gasteiger partial charge on any atom is 0.234 e. The Hall–Kier alpha value is -1.39. The molecule has 3 N–H and O–H groups in total. The lowest BCUT2D eigenvalue weighted by Crippen LogP contribution is -2.45. The smallest absolute Gasteiger partial charge is 0.234 e. The SMILES string of the molecule is CC(C)(C)NCC(=O)N[C@@H]1c2ccccc2C[C@@H]1O. The first-order valence-corrected chi connectivity index (χ1v) is 6.67. The highest BCUT2D eigenvalue weighted by atomic mass is 16.3. The van der Waals surface area contributed by atoms with Crippen molar-refractivity contribution in [1.29, 1.82) is 0 Å². The van der Waals surface area contributed by atoms with Crippen LogP contribution in [0.25, 0.3) is 0 Å². The molecule has 0 bridgehead atoms. The third kappa shape index (κ3) is 3.55. The number of carbonyl (C=O) groups excluding carboxylic acids is 1. The quantitative estimate of drug-likeness (QED) is 0.766. The molecule has 0 saturated carbocycles. The first-order chi connectivity index (χ1) is 8.87. The number of fused-ring (bicyclic) bond motifs is 1. The molecule has 1 amide bonds. The summed E-state index contributed by atoms with van der Waals surface area (Å²) in [7, 11) is 0. The van der Waals surface area contributed by atoms with Gasteiger partial charge in [0.15, 0.2) is 0 Å². The van der Waals surface area contributed by atoms with Gasteiger partial charge in [-0.2, -0.15) is 0 Å². The predicted molar refractivity (Wildman–Crippen MR) is 74.8 cm³/mol. The van der Waals surface area contributed by atoms with Crippen molar-refractivity contribution in [3.05, 3.63) is 35.4 Å². The second-order valence-electron chi connectivity index (χ2n) is 6.12. The minimum Gasteiger partial charge on any atom is -0.390 e. The van der Waals surface area contributed by atoms with Crippen LogP contribution in [-0.2, 0) is 11.2 Å². The Morgan fingerprint density at radius 3 is 2.74 bits per heavy atom. The minimum atomic E-state index is -0.531. The van der Waals surface area contributed by atoms with E-state index < -0.39 is 6.10 Å². The first kappa shape index (κ1) is 14.0. The number of benzene rings is 1. The van der Waals surface area contributed by atoms with Gasteiger partial charge in [0.05, 0.1) is 18.7 Å². The van der Waals surface area contributed by atoms with Crippen LogP contribution in [0.15, 0.2) is 24.3 Å². The average Bonchev–Trinajstić information content (AvgIpc) is 2.63. The summed E-state index contributed by atoms with van der Waals surface area (Å²) in [4.78, 5) is 11.9. The highest BCUT2D eigenvalue weighted by Gasteiger charge is 2.31. The van der Waals surface area contributed by atoms with E-state index in [1.54, 1.807) is 0 Å². The van der Waals surface area contributed by atoms with E-state index in [9.17, 15) is 9.90 Å². The van der Waals surface area contributed by atoms with Crippen LogP contribution < -0.4 is 10.6 Å². The molecule has 4 nitrogen and oxygen atoms in total. The fourth-order valence-corrected chi connectivity index (χ4v) is 2.32. The van der Waals surface area contributed by atoms with E-state index in [1.165, 1.54) is 0 Å². The Morgan fingerprint density at radius 2 is 2.05 bits per heavy atom. The maximum absolute atomic E-state index is 11.9. The second kappa shape index (κ2) is 5.31. The van der Waals surface area contributed by atoms with Gasteiger partial charge in [0.2, 0.25) is 5.91 Å². The van der Waals surface area contributed by atoms with Crippen molar-refractivity contribution in [1.82, 2.24) is 10.6 Å². The maximum atomic E-state index is 11.9. The molecule has 2 rings (SSSR count). The lowest BCUT2D eigenvalue weighted by Gasteiger charge is -2.22. The average molecular weight is 262 g/mol. The third-order valence-electron chi connectivity index (χ3n) is 3.30. The van der Waals surface area contributed by atoms with Crippen LogP contribution in [0.1, 0.15) is 37.9 Å². The van der Waals surface area contributed by atoms with E-state index in [0.29, 0.717) is 6.42 Å². The first-order valence-electron chi connectivity index (χ1n) is 6.67. The van der Waals surface area contributed by atoms with Gasteiger partial charge in [-0.1, -0.05) is 24.3 Å². The van der Waals surface area contributed by atoms with Crippen molar-refractivity contribution in [3.8, 4) is 0 Å². The Balaban J connectivity index is 1.98. The zero-order chi connectivity index (χ0) is 14.0. The Morgan fingerprint density at radius 1 is 1.37 bits per heavy atom. The Bertz CT molecular complexity index is 465. The Labute approximate surface area is 114 Å². The molecule has 1 aromatic carbocycles. The topological polar surface area (TPSA) is 61.4 Å². The summed E-state index contributed by atoms with van der Waals surface area (Å²) in [6.45, 7) is 6.30. The highest BCUT2D eigenvalue weighted by Crippen LogP contribution is 2.30. The fraction of sp³-hybridized carbons (Fsp3) is 0.533. The van der Waals surface area contributed by atoms with Crippen LogP contribution in [0.3, 0.4) is 0 Å². The summed E-state index contributed by atoms with van der Waals surface area (Å²) >= 11 is 0. The Kier molecular flexibility index (Phi) is 3.92. The van der Waals surface area contributed by atoms with Crippen LogP contribution in [-0.4, -0.2) is 29.2 Å². The molecule has 2 atom stereocenters. The van der Waals surface area contributed by atoms with E-state index in [2.05, 4.69) is 10.6 Å². The molecular formula is C15H22N2O2. The molecule has 0 fully saturated rings. The molecule has 0 aliphatic heterocycles. The molecule has 0 unspecified atom stereocenters. The molecule has 0 radical (unpaired) electrons. The van der Waals surface area contributed by atoms with Crippen molar-refractivity contribution in [2.45, 2.75) is 44.9 Å². The summed E-state index contributed by atoms with van der Waals surface area (Å²) in [6.07, 6.45) is 0.0735. The van der Waals surface area contributed by atoms with Crippen LogP contribution in [0.5, 0.6) is 0 Å². The van der Waals surface area contributed by atoms with Gasteiger partial charge in [-0.15, -0.1) is 0 Å². The summed E-state index contributed by atoms with van der Waals surface area (Å²) in [5, 5.41) is 16.1. The highest BCUT2D eigenvalue weighted by molar-refractivity contribution is 5.79. The number of aliphatic hydroxyl groups excluding tert-OH is 1. The number of hydrogen-bond donors (Lipinski definition) is 3. The van der Waals surface area contributed by atoms with Crippen molar-refractivity contribution in [2.24, 2.45) is 0 Å². The molecule has 1 aromatic rings. The van der Waals surface area contributed by atoms with Crippen LogP contribution in [0, 0.1) is 0 Å². The summed E-state index contributed by atoms with van der Waals surface area (Å²) < 4.78 is 0. The van der Waals surface area contributed by atoms with Gasteiger partial charge >= 0.3 is 0 Å². The molecule has 1 aliphatic rings. The van der Waals surface area contributed by atoms with Gasteiger partial charge in [-0.25, -0.2) is 0 Å². The molecule has 1 aliphatic carbocycles. The summed E-state index contributed by atoms with van der Waals surface area (Å²) in [5.74, 6) is -0.0873. The normalized spacial score (nSPS) is 22.1. The van der Waals surface area contributed by atoms with Crippen LogP contribution in [0.2, 0.25) is 0 Å². The number of aliphatic hydroxyl groups is 1. The molecular weight excluding hydrogens is 240 g/mol. The molecule has 104 valence electrons. The molecule has 0 aromatic heterocycles. The van der Waals surface area contributed by atoms with Gasteiger partial charge in [0, 0.05) is 12.0 Å². The molecule has 19 heavy (non-hydrogen) atoms. The minimum absolute atomic E-state index is 0.0873. The molecule has 0 heterocycles. The number of hydrogen-bond acceptors (Lipinski definition) is 3. The zero-order valence-electron chi connectivity index (χ0n) is 11.7. The largest absolute Gasteiger partial charge is 0.390 e. The van der Waals surface area contributed by atoms with Crippen molar-refractivity contribution < 1.29 is 9.90 Å². The lowest BCUT2D eigenvalue weighted by molar-refractivity contribution is -0.122. The van der Waals surface area contributed by atoms with E-state index in [-0.39, 0.29) is 24.0 Å². The number of amides is 1. The zero-order valence-corrected chi connectivity index (χ0v) is 11.7. The van der Waals surface area contributed by atoms with Gasteiger partial charge in [-0.05, 0) is 31.9 Å². The predicted octanol–water partition coefficient (Wildman–Crippen LogP) is 1.15. The summed E-state index contributed by atoms with van der Waals surface area (Å²) in [6, 6.07) is 7.57. The standard InChI is InChI=1S/C15H22N2O2/c1-15(2,3)16-9-13(19)17-14-11-7-5-4-6-10(11)8-12(14)18/h4-7,12,14,16,18H,8-9H2,1-3H3,(H,17,19)/t12-,14+/m0/s1.